The predicted octanol–water partition coefficient (Wildman–Crippen LogP) is -0.261. The first kappa shape index (κ1) is 8.75. The average molecular weight is 191 g/mol. The van der Waals surface area contributed by atoms with E-state index >= 15 is 0 Å². The summed E-state index contributed by atoms with van der Waals surface area (Å²) in [5.74, 6) is -1.27. The summed E-state index contributed by atoms with van der Waals surface area (Å²) in [5, 5.41) is 17.5. The second-order valence-electron chi connectivity index (χ2n) is 1.99. The lowest BCUT2D eigenvalue weighted by Gasteiger charge is -1.99. The fourth-order valence-electron chi connectivity index (χ4n) is 0.620. The van der Waals surface area contributed by atoms with E-state index in [1.807, 2.05) is 0 Å². The predicted molar refractivity (Wildman–Crippen MR) is 37.4 cm³/mol. The molecule has 6 nitrogen and oxygen atoms in total. The van der Waals surface area contributed by atoms with Crippen LogP contribution < -0.4 is 0 Å². The molecule has 0 bridgehead atoms. The van der Waals surface area contributed by atoms with E-state index in [0.717, 1.165) is 0 Å². The lowest BCUT2D eigenvalue weighted by Crippen LogP contribution is -1.98. The van der Waals surface area contributed by atoms with Crippen molar-refractivity contribution in [1.29, 1.82) is 0 Å². The van der Waals surface area contributed by atoms with Crippen LogP contribution >= 0.6 is 0 Å². The van der Waals surface area contributed by atoms with Crippen molar-refractivity contribution in [1.82, 2.24) is 4.98 Å². The number of aromatic hydroxyl groups is 2. The fourth-order valence-corrected chi connectivity index (χ4v) is 1.13. The number of pyridine rings is 1. The highest BCUT2D eigenvalue weighted by molar-refractivity contribution is 7.86. The Balaban J connectivity index is 3.39. The third-order valence-electron chi connectivity index (χ3n) is 1.11. The molecule has 3 N–H and O–H groups in total. The van der Waals surface area contributed by atoms with Gasteiger partial charge in [-0.25, -0.2) is 4.98 Å². The van der Waals surface area contributed by atoms with E-state index in [-0.39, 0.29) is 0 Å². The Morgan fingerprint density at radius 2 is 1.92 bits per heavy atom. The van der Waals surface area contributed by atoms with Gasteiger partial charge >= 0.3 is 0 Å². The minimum atomic E-state index is -4.47. The van der Waals surface area contributed by atoms with Crippen LogP contribution in [0.2, 0.25) is 0 Å². The van der Waals surface area contributed by atoms with Crippen LogP contribution in [0, 0.1) is 0 Å². The summed E-state index contributed by atoms with van der Waals surface area (Å²) in [6.45, 7) is 0. The lowest BCUT2D eigenvalue weighted by molar-refractivity contribution is 0.419. The van der Waals surface area contributed by atoms with Gasteiger partial charge in [-0.15, -0.1) is 0 Å². The van der Waals surface area contributed by atoms with Gasteiger partial charge in [-0.3, -0.25) is 4.55 Å². The fraction of sp³-hybridized carbons (Fsp3) is 0. The number of nitrogens with zero attached hydrogens (tertiary/aromatic N) is 1. The van der Waals surface area contributed by atoms with Crippen molar-refractivity contribution in [3.8, 4) is 11.6 Å². The van der Waals surface area contributed by atoms with Crippen LogP contribution in [0.3, 0.4) is 0 Å². The highest BCUT2D eigenvalue weighted by Crippen LogP contribution is 2.23. The van der Waals surface area contributed by atoms with E-state index in [9.17, 15) is 8.42 Å². The third kappa shape index (κ3) is 1.63. The monoisotopic (exact) mass is 191 g/mol. The molecule has 1 heterocycles. The van der Waals surface area contributed by atoms with Crippen LogP contribution in [-0.4, -0.2) is 28.2 Å². The zero-order chi connectivity index (χ0) is 9.35. The molecule has 12 heavy (non-hydrogen) atoms. The Morgan fingerprint density at radius 1 is 1.33 bits per heavy atom. The molecule has 1 aromatic rings. The first-order chi connectivity index (χ1) is 5.41. The minimum absolute atomic E-state index is 0.528. The molecule has 0 aliphatic rings. The van der Waals surface area contributed by atoms with Crippen LogP contribution in [0.5, 0.6) is 11.6 Å². The van der Waals surface area contributed by atoms with Crippen molar-refractivity contribution in [3.63, 3.8) is 0 Å². The number of aromatic nitrogens is 1. The topological polar surface area (TPSA) is 108 Å². The second kappa shape index (κ2) is 2.61. The Hall–Kier alpha value is -1.34. The van der Waals surface area contributed by atoms with Crippen molar-refractivity contribution in [2.45, 2.75) is 4.90 Å². The lowest BCUT2D eigenvalue weighted by atomic mass is 10.4. The van der Waals surface area contributed by atoms with E-state index in [2.05, 4.69) is 4.98 Å². The maximum absolute atomic E-state index is 10.4. The van der Waals surface area contributed by atoms with Crippen molar-refractivity contribution in [3.05, 3.63) is 12.3 Å². The molecular weight excluding hydrogens is 186 g/mol. The van der Waals surface area contributed by atoms with Crippen LogP contribution in [0.15, 0.2) is 17.2 Å². The van der Waals surface area contributed by atoms with E-state index in [4.69, 9.17) is 14.8 Å². The molecule has 0 fully saturated rings. The molecule has 0 amide bonds. The molecule has 1 rings (SSSR count). The van der Waals surface area contributed by atoms with Crippen LogP contribution in [0.1, 0.15) is 0 Å². The Bertz CT molecular complexity index is 398. The molecule has 0 unspecified atom stereocenters. The van der Waals surface area contributed by atoms with Gasteiger partial charge in [0.1, 0.15) is 5.75 Å². The largest absolute Gasteiger partial charge is 0.506 e. The summed E-state index contributed by atoms with van der Waals surface area (Å²) in [5.41, 5.74) is 0. The Morgan fingerprint density at radius 3 is 2.33 bits per heavy atom. The van der Waals surface area contributed by atoms with Gasteiger partial charge in [0.05, 0.1) is 6.20 Å². The SMILES string of the molecule is O=S(=O)(O)c1cnc(O)cc1O. The van der Waals surface area contributed by atoms with Gasteiger partial charge in [0.25, 0.3) is 10.1 Å². The van der Waals surface area contributed by atoms with E-state index in [0.29, 0.717) is 12.3 Å². The highest BCUT2D eigenvalue weighted by Gasteiger charge is 2.15. The van der Waals surface area contributed by atoms with Gasteiger partial charge in [-0.2, -0.15) is 8.42 Å². The molecule has 66 valence electrons. The summed E-state index contributed by atoms with van der Waals surface area (Å²) < 4.78 is 29.3. The minimum Gasteiger partial charge on any atom is -0.506 e. The first-order valence-electron chi connectivity index (χ1n) is 2.77. The summed E-state index contributed by atoms with van der Waals surface area (Å²) in [7, 11) is -4.47. The molecule has 0 spiro atoms. The molecule has 1 aromatic heterocycles. The van der Waals surface area contributed by atoms with Crippen molar-refractivity contribution in [2.75, 3.05) is 0 Å². The number of rotatable bonds is 1. The third-order valence-corrected chi connectivity index (χ3v) is 1.98. The molecule has 0 radical (unpaired) electrons. The molecule has 0 aromatic carbocycles. The van der Waals surface area contributed by atoms with E-state index < -0.39 is 26.6 Å². The standard InChI is InChI=1S/C5H5NO5S/c7-3-1-5(8)6-2-4(3)12(9,10)11/h1-2H,(H2,6,7,8)(H,9,10,11). The van der Waals surface area contributed by atoms with Crippen LogP contribution in [-0.2, 0) is 10.1 Å². The molecule has 0 aliphatic carbocycles. The van der Waals surface area contributed by atoms with Crippen LogP contribution in [0.4, 0.5) is 0 Å². The average Bonchev–Trinajstić information content (AvgIpc) is 1.83. The first-order valence-corrected chi connectivity index (χ1v) is 4.21. The maximum Gasteiger partial charge on any atom is 0.299 e. The molecule has 0 saturated carbocycles. The Kier molecular flexibility index (Phi) is 1.90. The van der Waals surface area contributed by atoms with Gasteiger partial charge in [-0.05, 0) is 0 Å². The van der Waals surface area contributed by atoms with Gasteiger partial charge in [0.2, 0.25) is 5.88 Å². The second-order valence-corrected chi connectivity index (χ2v) is 3.38. The summed E-state index contributed by atoms with van der Waals surface area (Å²) in [6.07, 6.45) is 0.653. The Labute approximate surface area is 67.9 Å². The van der Waals surface area contributed by atoms with E-state index in [1.165, 1.54) is 0 Å². The highest BCUT2D eigenvalue weighted by atomic mass is 32.2. The molecule has 0 aliphatic heterocycles. The van der Waals surface area contributed by atoms with Gasteiger partial charge in [-0.1, -0.05) is 0 Å². The smallest absolute Gasteiger partial charge is 0.299 e. The maximum atomic E-state index is 10.4. The number of hydrogen-bond donors (Lipinski definition) is 3. The molecule has 0 saturated heterocycles. The molecule has 0 atom stereocenters. The summed E-state index contributed by atoms with van der Waals surface area (Å²) >= 11 is 0. The zero-order valence-corrected chi connectivity index (χ0v) is 6.48. The zero-order valence-electron chi connectivity index (χ0n) is 5.67. The summed E-state index contributed by atoms with van der Waals surface area (Å²) in [4.78, 5) is 2.43. The number of hydrogen-bond acceptors (Lipinski definition) is 5. The van der Waals surface area contributed by atoms with Crippen molar-refractivity contribution < 1.29 is 23.2 Å². The van der Waals surface area contributed by atoms with Gasteiger partial charge < -0.3 is 10.2 Å². The van der Waals surface area contributed by atoms with E-state index in [1.54, 1.807) is 0 Å². The quantitative estimate of drug-likeness (QED) is 0.528. The van der Waals surface area contributed by atoms with Crippen molar-refractivity contribution in [2.24, 2.45) is 0 Å². The molecular formula is C5H5NO5S. The molecule has 7 heteroatoms. The van der Waals surface area contributed by atoms with Gasteiger partial charge in [0, 0.05) is 6.07 Å². The summed E-state index contributed by atoms with van der Waals surface area (Å²) in [6, 6.07) is 0.711. The van der Waals surface area contributed by atoms with Crippen LogP contribution in [0.25, 0.3) is 0 Å². The normalized spacial score (nSPS) is 11.4. The van der Waals surface area contributed by atoms with Gasteiger partial charge in [0.15, 0.2) is 4.90 Å². The van der Waals surface area contributed by atoms with Crippen molar-refractivity contribution >= 4 is 10.1 Å².